The Labute approximate surface area is 212 Å². The maximum Gasteiger partial charge on any atom is 0.276 e. The second kappa shape index (κ2) is 9.28. The van der Waals surface area contributed by atoms with Gasteiger partial charge in [0, 0.05) is 29.7 Å². The van der Waals surface area contributed by atoms with Crippen molar-refractivity contribution in [2.45, 2.75) is 24.8 Å². The summed E-state index contributed by atoms with van der Waals surface area (Å²) in [5, 5.41) is 22.9. The minimum Gasteiger partial charge on any atom is -0.543 e. The van der Waals surface area contributed by atoms with E-state index in [9.17, 15) is 19.5 Å². The smallest absolute Gasteiger partial charge is 0.276 e. The first-order chi connectivity index (χ1) is 17.3. The van der Waals surface area contributed by atoms with E-state index >= 15 is 0 Å². The first-order valence-corrected chi connectivity index (χ1v) is 12.7. The molecule has 0 aliphatic carbocycles. The number of amides is 2. The summed E-state index contributed by atoms with van der Waals surface area (Å²) in [5.41, 5.74) is 8.89. The molecule has 2 amide bonds. The number of nitrogens with one attached hydrogen (secondary N) is 2. The van der Waals surface area contributed by atoms with E-state index in [2.05, 4.69) is 20.6 Å². The lowest BCUT2D eigenvalue weighted by Gasteiger charge is -2.50. The van der Waals surface area contributed by atoms with Crippen molar-refractivity contribution in [3.05, 3.63) is 58.0 Å². The minimum absolute atomic E-state index is 0.138. The molecule has 0 radical (unpaired) electrons. The van der Waals surface area contributed by atoms with Crippen LogP contribution >= 0.6 is 23.1 Å². The number of aromatic nitrogens is 3. The quantitative estimate of drug-likeness (QED) is 0.154. The number of rotatable bonds is 7. The van der Waals surface area contributed by atoms with Crippen molar-refractivity contribution in [1.82, 2.24) is 20.3 Å². The van der Waals surface area contributed by atoms with E-state index in [1.165, 1.54) is 23.8 Å². The number of thiazole rings is 1. The van der Waals surface area contributed by atoms with Crippen LogP contribution in [0.25, 0.3) is 5.52 Å². The summed E-state index contributed by atoms with van der Waals surface area (Å²) in [4.78, 5) is 48.1. The Morgan fingerprint density at radius 3 is 2.94 bits per heavy atom. The molecule has 5 rings (SSSR count). The van der Waals surface area contributed by atoms with Crippen LogP contribution in [-0.2, 0) is 25.6 Å². The van der Waals surface area contributed by atoms with Crippen molar-refractivity contribution in [2.24, 2.45) is 5.16 Å². The van der Waals surface area contributed by atoms with Crippen LogP contribution in [-0.4, -0.2) is 62.8 Å². The molecule has 36 heavy (non-hydrogen) atoms. The molecule has 2 aliphatic heterocycles. The molecule has 14 heteroatoms. The zero-order chi connectivity index (χ0) is 25.6. The topological polar surface area (TPSA) is 170 Å². The summed E-state index contributed by atoms with van der Waals surface area (Å²) in [7, 11) is 1.28. The first-order valence-electron chi connectivity index (χ1n) is 10.8. The van der Waals surface area contributed by atoms with Crippen LogP contribution < -0.4 is 20.7 Å². The van der Waals surface area contributed by atoms with Gasteiger partial charge in [-0.2, -0.15) is 5.10 Å². The molecule has 0 unspecified atom stereocenters. The monoisotopic (exact) mass is 527 g/mol. The van der Waals surface area contributed by atoms with Gasteiger partial charge < -0.3 is 25.8 Å². The number of aryl methyl sites for hydroxylation is 1. The van der Waals surface area contributed by atoms with Crippen molar-refractivity contribution in [3.8, 4) is 0 Å². The summed E-state index contributed by atoms with van der Waals surface area (Å²) in [6.45, 7) is 1.91. The molecule has 1 saturated heterocycles. The lowest BCUT2D eigenvalue weighted by atomic mass is 9.98. The number of nitrogens with two attached hydrogens (primary N) is 1. The van der Waals surface area contributed by atoms with E-state index < -0.39 is 29.2 Å². The molecule has 0 aromatic carbocycles. The number of carbonyl (C=O) groups excluding carboxylic acids is 3. The van der Waals surface area contributed by atoms with Crippen molar-refractivity contribution in [1.29, 1.82) is 0 Å². The van der Waals surface area contributed by atoms with E-state index in [0.717, 1.165) is 28.1 Å². The van der Waals surface area contributed by atoms with Crippen LogP contribution in [0.15, 0.2) is 46.2 Å². The number of nitrogens with zero attached hydrogens (tertiary/aromatic N) is 4. The van der Waals surface area contributed by atoms with E-state index in [-0.39, 0.29) is 22.2 Å². The predicted octanol–water partition coefficient (Wildman–Crippen LogP) is -0.902. The average Bonchev–Trinajstić information content (AvgIpc) is 3.42. The second-order valence-corrected chi connectivity index (χ2v) is 10.1. The van der Waals surface area contributed by atoms with Gasteiger partial charge in [0.1, 0.15) is 24.2 Å². The number of carbonyl (C=O) groups is 3. The van der Waals surface area contributed by atoms with Gasteiger partial charge in [0.15, 0.2) is 10.8 Å². The summed E-state index contributed by atoms with van der Waals surface area (Å²) in [6, 6.07) is 4.78. The van der Waals surface area contributed by atoms with Crippen molar-refractivity contribution in [2.75, 3.05) is 18.6 Å². The third-order valence-electron chi connectivity index (χ3n) is 5.99. The third-order valence-corrected chi connectivity index (χ3v) is 8.00. The molecule has 1 fully saturated rings. The molecule has 4 N–H and O–H groups in total. The van der Waals surface area contributed by atoms with Gasteiger partial charge in [-0.05, 0) is 18.6 Å². The van der Waals surface area contributed by atoms with Gasteiger partial charge in [0.2, 0.25) is 11.7 Å². The number of anilines is 1. The fourth-order valence-electron chi connectivity index (χ4n) is 4.37. The summed E-state index contributed by atoms with van der Waals surface area (Å²) in [6.07, 6.45) is 2.21. The summed E-state index contributed by atoms with van der Waals surface area (Å²) < 4.78 is 1.86. The number of aromatic amines is 1. The lowest BCUT2D eigenvalue weighted by molar-refractivity contribution is -0.577. The number of H-pyrrole nitrogens is 1. The van der Waals surface area contributed by atoms with E-state index in [0.29, 0.717) is 17.7 Å². The number of nitrogen functional groups attached to an aromatic ring is 1. The number of carboxylic acid groups (broad SMARTS) is 1. The molecular formula is C22H21N7O5S2. The average molecular weight is 528 g/mol. The maximum atomic E-state index is 13.1. The number of thioether (sulfide) groups is 1. The molecule has 2 atom stereocenters. The Bertz CT molecular complexity index is 1460. The van der Waals surface area contributed by atoms with E-state index in [1.807, 2.05) is 35.8 Å². The Kier molecular flexibility index (Phi) is 6.14. The van der Waals surface area contributed by atoms with Crippen LogP contribution in [0.3, 0.4) is 0 Å². The third kappa shape index (κ3) is 3.97. The number of hydrogen-bond acceptors (Lipinski definition) is 10. The molecule has 186 valence electrons. The molecule has 2 aliphatic rings. The number of β-lactam (4-membered cyclic amide) rings is 1. The first kappa shape index (κ1) is 23.8. The van der Waals surface area contributed by atoms with Crippen LogP contribution in [0.5, 0.6) is 0 Å². The largest absolute Gasteiger partial charge is 0.543 e. The lowest BCUT2D eigenvalue weighted by Crippen LogP contribution is -2.71. The molecule has 3 aromatic heterocycles. The Hall–Kier alpha value is -3.91. The Morgan fingerprint density at radius 2 is 2.25 bits per heavy atom. The zero-order valence-corrected chi connectivity index (χ0v) is 20.8. The van der Waals surface area contributed by atoms with Crippen molar-refractivity contribution in [3.63, 3.8) is 0 Å². The standard InChI is InChI=1S/C22H21N7O5S2/c1-10-12(14-5-3-4-6-28(14)26-10)7-11-8-35-20-16(19(31)29(20)17(11)21(32)33)25-18(30)15(27-34-2)13-9-36-22(23)24-13/h3-6,9,16,20H,7-8H2,1-2H3,(H4,23,24,25,30,32,33)/b27-15-/t16-,20+/m1/s1. The molecule has 0 bridgehead atoms. The van der Waals surface area contributed by atoms with Gasteiger partial charge in [-0.3, -0.25) is 14.5 Å². The van der Waals surface area contributed by atoms with Gasteiger partial charge in [-0.15, -0.1) is 23.1 Å². The number of carboxylic acids is 1. The van der Waals surface area contributed by atoms with Gasteiger partial charge in [-0.25, -0.2) is 4.98 Å². The van der Waals surface area contributed by atoms with E-state index in [4.69, 9.17) is 10.6 Å². The summed E-state index contributed by atoms with van der Waals surface area (Å²) in [5.74, 6) is -2.30. The Balaban J connectivity index is 1.39. The number of oxime groups is 1. The van der Waals surface area contributed by atoms with E-state index in [1.54, 1.807) is 5.38 Å². The Morgan fingerprint density at radius 1 is 1.44 bits per heavy atom. The van der Waals surface area contributed by atoms with Gasteiger partial charge in [0.05, 0.1) is 22.9 Å². The van der Waals surface area contributed by atoms with Crippen LogP contribution in [0.4, 0.5) is 5.13 Å². The molecule has 3 aromatic rings. The highest BCUT2D eigenvalue weighted by atomic mass is 32.2. The molecule has 0 saturated carbocycles. The normalized spacial score (nSPS) is 19.8. The van der Waals surface area contributed by atoms with Crippen LogP contribution in [0.2, 0.25) is 0 Å². The highest BCUT2D eigenvalue weighted by Gasteiger charge is 2.53. The molecular weight excluding hydrogens is 506 g/mol. The number of fused-ring (bicyclic) bond motifs is 2. The maximum absolute atomic E-state index is 13.1. The van der Waals surface area contributed by atoms with Gasteiger partial charge in [-0.1, -0.05) is 9.67 Å². The second-order valence-electron chi connectivity index (χ2n) is 8.14. The molecule has 12 nitrogen and oxygen atoms in total. The van der Waals surface area contributed by atoms with Crippen molar-refractivity contribution < 1.29 is 28.8 Å². The fourth-order valence-corrected chi connectivity index (χ4v) is 6.27. The highest BCUT2D eigenvalue weighted by Crippen LogP contribution is 2.41. The van der Waals surface area contributed by atoms with Gasteiger partial charge >= 0.3 is 0 Å². The predicted molar refractivity (Wildman–Crippen MR) is 130 cm³/mol. The zero-order valence-electron chi connectivity index (χ0n) is 19.2. The molecule has 0 spiro atoms. The number of hydrogen-bond donors (Lipinski definition) is 3. The SMILES string of the molecule is CO/N=C(\C(=O)N[C@@H]1C(=O)N2C(C(=O)[O-])=C(Cc3c(C)[nH][n+]4ccccc34)CS[C@@H]12)c1csc(N)n1. The number of pyridine rings is 1. The van der Waals surface area contributed by atoms with Crippen LogP contribution in [0, 0.1) is 6.92 Å². The minimum atomic E-state index is -1.43. The number of aliphatic carboxylic acids is 1. The van der Waals surface area contributed by atoms with Crippen molar-refractivity contribution >= 4 is 57.2 Å². The fraction of sp³-hybridized carbons (Fsp3) is 0.273. The van der Waals surface area contributed by atoms with Gasteiger partial charge in [0.25, 0.3) is 11.8 Å². The molecule has 5 heterocycles. The van der Waals surface area contributed by atoms with Crippen LogP contribution in [0.1, 0.15) is 17.0 Å². The highest BCUT2D eigenvalue weighted by molar-refractivity contribution is 8.00. The summed E-state index contributed by atoms with van der Waals surface area (Å²) >= 11 is 2.50.